The van der Waals surface area contributed by atoms with Crippen molar-refractivity contribution < 1.29 is 29.0 Å². The molecule has 1 saturated heterocycles. The summed E-state index contributed by atoms with van der Waals surface area (Å²) in [5, 5.41) is 11.5. The summed E-state index contributed by atoms with van der Waals surface area (Å²) in [5.41, 5.74) is -1.40. The van der Waals surface area contributed by atoms with Gasteiger partial charge in [-0.3, -0.25) is 4.79 Å². The number of carbonyl (C=O) groups excluding carboxylic acids is 3. The standard InChI is InChI=1S/C20H26O6/c1-11(2)9-16(22)25-10-13-5-6-14-12(3)18(23)26-17(14)19(4)15(21)7-8-20(13,19)24/h9,13-14,17,24H,3,5-8,10H2,1-2,4H3. The normalized spacial score (nSPS) is 38.9. The molecule has 3 rings (SSSR count). The number of ether oxygens (including phenoxy) is 2. The van der Waals surface area contributed by atoms with E-state index in [-0.39, 0.29) is 31.1 Å². The van der Waals surface area contributed by atoms with Crippen LogP contribution in [0.4, 0.5) is 0 Å². The van der Waals surface area contributed by atoms with Gasteiger partial charge in [0, 0.05) is 29.9 Å². The minimum absolute atomic E-state index is 0.0296. The molecule has 2 saturated carbocycles. The maximum Gasteiger partial charge on any atom is 0.334 e. The fraction of sp³-hybridized carbons (Fsp3) is 0.650. The number of rotatable bonds is 3. The molecule has 0 radical (unpaired) electrons. The third-order valence-corrected chi connectivity index (χ3v) is 6.42. The van der Waals surface area contributed by atoms with Gasteiger partial charge in [-0.1, -0.05) is 12.2 Å². The van der Waals surface area contributed by atoms with Crippen molar-refractivity contribution in [3.05, 3.63) is 23.8 Å². The van der Waals surface area contributed by atoms with Crippen molar-refractivity contribution >= 4 is 17.7 Å². The molecule has 142 valence electrons. The molecule has 3 aliphatic rings. The van der Waals surface area contributed by atoms with Crippen LogP contribution in [0.5, 0.6) is 0 Å². The number of allylic oxidation sites excluding steroid dienone is 1. The van der Waals surface area contributed by atoms with Crippen molar-refractivity contribution in [2.24, 2.45) is 17.3 Å². The van der Waals surface area contributed by atoms with Crippen LogP contribution in [0.1, 0.15) is 46.5 Å². The summed E-state index contributed by atoms with van der Waals surface area (Å²) in [5.74, 6) is -1.75. The van der Waals surface area contributed by atoms with Crippen LogP contribution < -0.4 is 0 Å². The molecule has 26 heavy (non-hydrogen) atoms. The quantitative estimate of drug-likeness (QED) is 0.611. The second-order valence-electron chi connectivity index (χ2n) is 8.13. The van der Waals surface area contributed by atoms with E-state index in [1.54, 1.807) is 20.8 Å². The van der Waals surface area contributed by atoms with Gasteiger partial charge in [-0.25, -0.2) is 9.59 Å². The van der Waals surface area contributed by atoms with E-state index in [1.165, 1.54) is 6.08 Å². The lowest BCUT2D eigenvalue weighted by molar-refractivity contribution is -0.177. The Bertz CT molecular complexity index is 703. The van der Waals surface area contributed by atoms with Crippen LogP contribution in [0.15, 0.2) is 23.8 Å². The lowest BCUT2D eigenvalue weighted by atomic mass is 9.65. The van der Waals surface area contributed by atoms with E-state index in [0.29, 0.717) is 18.4 Å². The molecular formula is C20H26O6. The van der Waals surface area contributed by atoms with Gasteiger partial charge < -0.3 is 14.6 Å². The van der Waals surface area contributed by atoms with Gasteiger partial charge in [0.15, 0.2) is 0 Å². The highest BCUT2D eigenvalue weighted by Crippen LogP contribution is 2.58. The first-order valence-corrected chi connectivity index (χ1v) is 9.08. The SMILES string of the molecule is C=C1C(=O)OC2C1CCC(COC(=O)C=C(C)C)C1(O)CCC(=O)C21C. The Hall–Kier alpha value is -1.95. The average molecular weight is 362 g/mol. The number of ketones is 1. The van der Waals surface area contributed by atoms with E-state index >= 15 is 0 Å². The van der Waals surface area contributed by atoms with E-state index in [0.717, 1.165) is 5.57 Å². The fourth-order valence-electron chi connectivity index (χ4n) is 4.85. The largest absolute Gasteiger partial charge is 0.462 e. The highest BCUT2D eigenvalue weighted by atomic mass is 16.6. The van der Waals surface area contributed by atoms with Crippen LogP contribution in [0.2, 0.25) is 0 Å². The molecule has 6 heteroatoms. The molecule has 0 aromatic rings. The molecule has 3 fully saturated rings. The van der Waals surface area contributed by atoms with Gasteiger partial charge in [0.05, 0.1) is 17.6 Å². The van der Waals surface area contributed by atoms with Crippen LogP contribution in [0.25, 0.3) is 0 Å². The number of hydrogen-bond acceptors (Lipinski definition) is 6. The van der Waals surface area contributed by atoms with Crippen molar-refractivity contribution in [1.82, 2.24) is 0 Å². The molecule has 0 aromatic heterocycles. The summed E-state index contributed by atoms with van der Waals surface area (Å²) in [6.45, 7) is 9.14. The molecule has 0 amide bonds. The zero-order chi connectivity index (χ0) is 19.3. The lowest BCUT2D eigenvalue weighted by Crippen LogP contribution is -2.57. The van der Waals surface area contributed by atoms with E-state index in [4.69, 9.17) is 9.47 Å². The zero-order valence-corrected chi connectivity index (χ0v) is 15.5. The van der Waals surface area contributed by atoms with Crippen LogP contribution in [-0.4, -0.2) is 41.1 Å². The van der Waals surface area contributed by atoms with Gasteiger partial charge in [0.25, 0.3) is 0 Å². The molecule has 5 atom stereocenters. The van der Waals surface area contributed by atoms with E-state index < -0.39 is 35.0 Å². The van der Waals surface area contributed by atoms with Gasteiger partial charge in [-0.15, -0.1) is 0 Å². The molecule has 0 bridgehead atoms. The van der Waals surface area contributed by atoms with Crippen molar-refractivity contribution in [1.29, 1.82) is 0 Å². The maximum atomic E-state index is 12.8. The highest BCUT2D eigenvalue weighted by molar-refractivity contribution is 5.94. The Kier molecular flexibility index (Phi) is 4.59. The third-order valence-electron chi connectivity index (χ3n) is 6.42. The van der Waals surface area contributed by atoms with Crippen LogP contribution in [0, 0.1) is 17.3 Å². The van der Waals surface area contributed by atoms with Gasteiger partial charge in [0.2, 0.25) is 0 Å². The summed E-state index contributed by atoms with van der Waals surface area (Å²) in [6.07, 6.45) is 2.28. The minimum atomic E-state index is -1.38. The van der Waals surface area contributed by atoms with E-state index in [9.17, 15) is 19.5 Å². The topological polar surface area (TPSA) is 89.9 Å². The number of aliphatic hydroxyl groups is 1. The lowest BCUT2D eigenvalue weighted by Gasteiger charge is -2.44. The number of carbonyl (C=O) groups is 3. The van der Waals surface area contributed by atoms with Crippen molar-refractivity contribution in [2.75, 3.05) is 6.61 Å². The molecule has 1 N–H and O–H groups in total. The van der Waals surface area contributed by atoms with Crippen molar-refractivity contribution in [3.63, 3.8) is 0 Å². The summed E-state index contributed by atoms with van der Waals surface area (Å²) in [7, 11) is 0. The Morgan fingerprint density at radius 1 is 1.38 bits per heavy atom. The highest BCUT2D eigenvalue weighted by Gasteiger charge is 2.69. The predicted octanol–water partition coefficient (Wildman–Crippen LogP) is 2.10. The van der Waals surface area contributed by atoms with Gasteiger partial charge in [-0.05, 0) is 40.0 Å². The molecule has 2 aliphatic carbocycles. The Morgan fingerprint density at radius 3 is 2.73 bits per heavy atom. The Balaban J connectivity index is 1.91. The summed E-state index contributed by atoms with van der Waals surface area (Å²) in [6, 6.07) is 0. The average Bonchev–Trinajstić information content (AvgIpc) is 2.94. The summed E-state index contributed by atoms with van der Waals surface area (Å²) >= 11 is 0. The summed E-state index contributed by atoms with van der Waals surface area (Å²) < 4.78 is 10.9. The van der Waals surface area contributed by atoms with Gasteiger partial charge in [-0.2, -0.15) is 0 Å². The van der Waals surface area contributed by atoms with E-state index in [1.807, 2.05) is 0 Å². The molecular weight excluding hydrogens is 336 g/mol. The van der Waals surface area contributed by atoms with Crippen LogP contribution in [-0.2, 0) is 23.9 Å². The first-order valence-electron chi connectivity index (χ1n) is 9.08. The van der Waals surface area contributed by atoms with Crippen LogP contribution >= 0.6 is 0 Å². The predicted molar refractivity (Wildman–Crippen MR) is 92.9 cm³/mol. The first-order chi connectivity index (χ1) is 12.1. The van der Waals surface area contributed by atoms with Gasteiger partial charge >= 0.3 is 11.9 Å². The van der Waals surface area contributed by atoms with Gasteiger partial charge in [0.1, 0.15) is 11.9 Å². The maximum absolute atomic E-state index is 12.8. The smallest absolute Gasteiger partial charge is 0.334 e. The molecule has 0 aromatic carbocycles. The Morgan fingerprint density at radius 2 is 2.08 bits per heavy atom. The zero-order valence-electron chi connectivity index (χ0n) is 15.5. The molecule has 6 nitrogen and oxygen atoms in total. The number of Topliss-reactive ketones (excluding diaryl/α,β-unsaturated/α-hetero) is 1. The monoisotopic (exact) mass is 362 g/mol. The molecule has 1 aliphatic heterocycles. The number of fused-ring (bicyclic) bond motifs is 3. The van der Waals surface area contributed by atoms with Crippen LogP contribution in [0.3, 0.4) is 0 Å². The summed E-state index contributed by atoms with van der Waals surface area (Å²) in [4.78, 5) is 36.7. The molecule has 1 heterocycles. The number of esters is 2. The third kappa shape index (κ3) is 2.62. The van der Waals surface area contributed by atoms with E-state index in [2.05, 4.69) is 6.58 Å². The van der Waals surface area contributed by atoms with Crippen molar-refractivity contribution in [3.8, 4) is 0 Å². The van der Waals surface area contributed by atoms with Crippen molar-refractivity contribution in [2.45, 2.75) is 58.2 Å². The molecule has 0 spiro atoms. The second-order valence-corrected chi connectivity index (χ2v) is 8.13. The second kappa shape index (κ2) is 6.34. The Labute approximate surface area is 153 Å². The number of hydrogen-bond donors (Lipinski definition) is 1. The minimum Gasteiger partial charge on any atom is -0.462 e. The first kappa shape index (κ1) is 18.8. The fourth-order valence-corrected chi connectivity index (χ4v) is 4.85. The molecule has 5 unspecified atom stereocenters.